The molecule has 1 fully saturated rings. The number of aliphatic carboxylic acids is 2. The molecule has 100 valence electrons. The molecule has 1 aliphatic rings. The van der Waals surface area contributed by atoms with Crippen molar-refractivity contribution in [3.05, 3.63) is 0 Å². The van der Waals surface area contributed by atoms with Crippen LogP contribution in [-0.2, 0) is 9.59 Å². The summed E-state index contributed by atoms with van der Waals surface area (Å²) in [6.07, 6.45) is 1.22. The van der Waals surface area contributed by atoms with Crippen molar-refractivity contribution in [2.45, 2.75) is 44.4 Å². The highest BCUT2D eigenvalue weighted by Gasteiger charge is 2.30. The molecule has 1 aliphatic heterocycles. The van der Waals surface area contributed by atoms with Gasteiger partial charge in [0.1, 0.15) is 12.1 Å². The molecule has 7 nitrogen and oxygen atoms in total. The van der Waals surface area contributed by atoms with E-state index in [-0.39, 0.29) is 0 Å². The lowest BCUT2D eigenvalue weighted by molar-refractivity contribution is -0.141. The molecule has 0 radical (unpaired) electrons. The number of nitrogens with two attached hydrogens (primary N) is 1. The molecule has 0 spiro atoms. The van der Waals surface area contributed by atoms with Gasteiger partial charge in [0.2, 0.25) is 0 Å². The van der Waals surface area contributed by atoms with Gasteiger partial charge < -0.3 is 26.4 Å². The zero-order chi connectivity index (χ0) is 13.4. The van der Waals surface area contributed by atoms with Crippen LogP contribution >= 0.6 is 0 Å². The third-order valence-electron chi connectivity index (χ3n) is 2.37. The Kier molecular flexibility index (Phi) is 7.44. The Morgan fingerprint density at radius 3 is 2.24 bits per heavy atom. The Morgan fingerprint density at radius 2 is 2.06 bits per heavy atom. The molecule has 2 unspecified atom stereocenters. The molecule has 17 heavy (non-hydrogen) atoms. The van der Waals surface area contributed by atoms with E-state index in [1.165, 1.54) is 0 Å². The molecule has 7 heteroatoms. The molecular weight excluding hydrogens is 228 g/mol. The molecule has 3 atom stereocenters. The second kappa shape index (κ2) is 7.99. The van der Waals surface area contributed by atoms with Gasteiger partial charge in [0.15, 0.2) is 0 Å². The molecule has 0 aliphatic carbocycles. The Hall–Kier alpha value is -1.18. The Labute approximate surface area is 99.6 Å². The zero-order valence-corrected chi connectivity index (χ0v) is 9.80. The van der Waals surface area contributed by atoms with E-state index in [9.17, 15) is 9.59 Å². The Bertz CT molecular complexity index is 259. The van der Waals surface area contributed by atoms with E-state index in [1.54, 1.807) is 0 Å². The van der Waals surface area contributed by atoms with Crippen molar-refractivity contribution in [1.29, 1.82) is 0 Å². The average Bonchev–Trinajstić information content (AvgIpc) is 2.65. The molecule has 0 aromatic carbocycles. The minimum absolute atomic E-state index is 0.539. The van der Waals surface area contributed by atoms with Gasteiger partial charge in [-0.15, -0.1) is 0 Å². The number of hydrogen-bond acceptors (Lipinski definition) is 5. The quantitative estimate of drug-likeness (QED) is 0.430. The van der Waals surface area contributed by atoms with E-state index >= 15 is 0 Å². The summed E-state index contributed by atoms with van der Waals surface area (Å²) < 4.78 is 0. The van der Waals surface area contributed by atoms with Gasteiger partial charge in [0.25, 0.3) is 0 Å². The predicted molar refractivity (Wildman–Crippen MR) is 60.6 cm³/mol. The van der Waals surface area contributed by atoms with Crippen LogP contribution in [0.25, 0.3) is 0 Å². The Balaban J connectivity index is 0.000000304. The third-order valence-corrected chi connectivity index (χ3v) is 2.37. The van der Waals surface area contributed by atoms with E-state index in [4.69, 9.17) is 21.1 Å². The summed E-state index contributed by atoms with van der Waals surface area (Å²) in [6, 6.07) is -1.41. The van der Waals surface area contributed by atoms with Crippen molar-refractivity contribution >= 4 is 11.9 Å². The van der Waals surface area contributed by atoms with Crippen LogP contribution in [-0.4, -0.2) is 52.0 Å². The van der Waals surface area contributed by atoms with Gasteiger partial charge in [-0.25, -0.2) is 0 Å². The standard InChI is InChI=1S/C5H9NO3.C5H11NO2/c7-3-1-2-6-4(3)5(8)9;1-2-3-4(6)5(7)8/h3-4,6-7H,1-2H2,(H,8,9);4H,2-3,6H2,1H3,(H,7,8)/t3?,4-;/m0./s1. The van der Waals surface area contributed by atoms with E-state index in [1.807, 2.05) is 6.92 Å². The smallest absolute Gasteiger partial charge is 0.323 e. The first-order valence-corrected chi connectivity index (χ1v) is 5.52. The largest absolute Gasteiger partial charge is 0.480 e. The van der Waals surface area contributed by atoms with E-state index in [0.29, 0.717) is 19.4 Å². The summed E-state index contributed by atoms with van der Waals surface area (Å²) in [6.45, 7) is 2.50. The second-order valence-electron chi connectivity index (χ2n) is 3.86. The van der Waals surface area contributed by atoms with Crippen LogP contribution in [0.4, 0.5) is 0 Å². The van der Waals surface area contributed by atoms with E-state index in [0.717, 1.165) is 6.42 Å². The first-order chi connectivity index (χ1) is 7.90. The monoisotopic (exact) mass is 248 g/mol. The number of rotatable bonds is 4. The zero-order valence-electron chi connectivity index (χ0n) is 9.80. The van der Waals surface area contributed by atoms with Crippen LogP contribution in [0.15, 0.2) is 0 Å². The number of aliphatic hydroxyl groups excluding tert-OH is 1. The van der Waals surface area contributed by atoms with Crippen molar-refractivity contribution in [3.63, 3.8) is 0 Å². The maximum atomic E-state index is 10.2. The predicted octanol–water partition coefficient (Wildman–Crippen LogP) is -1.01. The van der Waals surface area contributed by atoms with E-state index < -0.39 is 30.1 Å². The maximum Gasteiger partial charge on any atom is 0.323 e. The molecule has 1 heterocycles. The fourth-order valence-corrected chi connectivity index (χ4v) is 1.38. The van der Waals surface area contributed by atoms with Crippen LogP contribution in [0.5, 0.6) is 0 Å². The molecule has 0 aromatic rings. The summed E-state index contributed by atoms with van der Waals surface area (Å²) >= 11 is 0. The number of carboxylic acid groups (broad SMARTS) is 2. The number of carboxylic acids is 2. The lowest BCUT2D eigenvalue weighted by atomic mass is 10.2. The molecule has 6 N–H and O–H groups in total. The average molecular weight is 248 g/mol. The van der Waals surface area contributed by atoms with Crippen LogP contribution < -0.4 is 11.1 Å². The SMILES string of the molecule is CCCC(N)C(=O)O.O=C(O)[C@H]1NCCC1O. The van der Waals surface area contributed by atoms with Crippen molar-refractivity contribution in [1.82, 2.24) is 5.32 Å². The minimum Gasteiger partial charge on any atom is -0.480 e. The van der Waals surface area contributed by atoms with Gasteiger partial charge in [-0.3, -0.25) is 9.59 Å². The van der Waals surface area contributed by atoms with Crippen molar-refractivity contribution in [3.8, 4) is 0 Å². The lowest BCUT2D eigenvalue weighted by Gasteiger charge is -2.06. The second-order valence-corrected chi connectivity index (χ2v) is 3.86. The van der Waals surface area contributed by atoms with Crippen LogP contribution in [0.3, 0.4) is 0 Å². The molecule has 0 aromatic heterocycles. The first kappa shape index (κ1) is 15.8. The van der Waals surface area contributed by atoms with Crippen LogP contribution in [0.2, 0.25) is 0 Å². The van der Waals surface area contributed by atoms with Crippen LogP contribution in [0.1, 0.15) is 26.2 Å². The minimum atomic E-state index is -0.972. The molecule has 1 rings (SSSR count). The summed E-state index contributed by atoms with van der Waals surface area (Å²) in [5, 5.41) is 28.1. The molecule has 0 bridgehead atoms. The van der Waals surface area contributed by atoms with Crippen molar-refractivity contribution < 1.29 is 24.9 Å². The molecule has 0 saturated carbocycles. The number of hydrogen-bond donors (Lipinski definition) is 5. The highest BCUT2D eigenvalue weighted by atomic mass is 16.4. The lowest BCUT2D eigenvalue weighted by Crippen LogP contribution is -2.38. The fraction of sp³-hybridized carbons (Fsp3) is 0.800. The number of nitrogens with one attached hydrogen (secondary N) is 1. The van der Waals surface area contributed by atoms with Gasteiger partial charge in [-0.2, -0.15) is 0 Å². The van der Waals surface area contributed by atoms with Gasteiger partial charge in [0, 0.05) is 0 Å². The highest BCUT2D eigenvalue weighted by Crippen LogP contribution is 2.05. The van der Waals surface area contributed by atoms with Crippen LogP contribution in [0, 0.1) is 0 Å². The normalized spacial score (nSPS) is 24.6. The van der Waals surface area contributed by atoms with Gasteiger partial charge in [-0.1, -0.05) is 13.3 Å². The summed E-state index contributed by atoms with van der Waals surface area (Å²) in [4.78, 5) is 20.2. The van der Waals surface area contributed by atoms with Gasteiger partial charge in [0.05, 0.1) is 6.10 Å². The molecule has 0 amide bonds. The van der Waals surface area contributed by atoms with Crippen molar-refractivity contribution in [2.24, 2.45) is 5.73 Å². The molecule has 1 saturated heterocycles. The summed E-state index contributed by atoms with van der Waals surface area (Å²) in [7, 11) is 0. The topological polar surface area (TPSA) is 133 Å². The third kappa shape index (κ3) is 6.20. The first-order valence-electron chi connectivity index (χ1n) is 5.52. The van der Waals surface area contributed by atoms with Gasteiger partial charge in [-0.05, 0) is 19.4 Å². The Morgan fingerprint density at radius 1 is 1.47 bits per heavy atom. The fourth-order valence-electron chi connectivity index (χ4n) is 1.38. The van der Waals surface area contributed by atoms with Gasteiger partial charge >= 0.3 is 11.9 Å². The van der Waals surface area contributed by atoms with Crippen molar-refractivity contribution in [2.75, 3.05) is 6.54 Å². The van der Waals surface area contributed by atoms with E-state index in [2.05, 4.69) is 5.32 Å². The highest BCUT2D eigenvalue weighted by molar-refractivity contribution is 5.74. The maximum absolute atomic E-state index is 10.2. The summed E-state index contributed by atoms with van der Waals surface area (Å²) in [5.74, 6) is -1.88. The molecular formula is C10H20N2O5. The number of carbonyl (C=O) groups is 2. The number of aliphatic hydroxyl groups is 1. The summed E-state index contributed by atoms with van der Waals surface area (Å²) in [5.41, 5.74) is 5.13.